The summed E-state index contributed by atoms with van der Waals surface area (Å²) < 4.78 is 38.0. The fourth-order valence-electron chi connectivity index (χ4n) is 2.86. The molecule has 2 aromatic carbocycles. The summed E-state index contributed by atoms with van der Waals surface area (Å²) in [4.78, 5) is 27.9. The molecule has 162 valence electrons. The SMILES string of the molecule is Cc1ccc(NC(=O)CN(C)C(=O)C(C)N(C)Cc2ccc(C(F)(F)F)cc2)cc1. The van der Waals surface area contributed by atoms with Crippen molar-refractivity contribution in [3.63, 3.8) is 0 Å². The Balaban J connectivity index is 1.89. The highest BCUT2D eigenvalue weighted by molar-refractivity contribution is 5.95. The first-order valence-electron chi connectivity index (χ1n) is 9.45. The van der Waals surface area contributed by atoms with E-state index in [9.17, 15) is 22.8 Å². The number of alkyl halides is 3. The molecule has 5 nitrogen and oxygen atoms in total. The van der Waals surface area contributed by atoms with Gasteiger partial charge in [-0.2, -0.15) is 13.2 Å². The van der Waals surface area contributed by atoms with Gasteiger partial charge < -0.3 is 10.2 Å². The molecule has 0 aliphatic carbocycles. The first kappa shape index (κ1) is 23.4. The molecule has 1 unspecified atom stereocenters. The normalized spacial score (nSPS) is 12.5. The third-order valence-electron chi connectivity index (χ3n) is 4.82. The highest BCUT2D eigenvalue weighted by atomic mass is 19.4. The summed E-state index contributed by atoms with van der Waals surface area (Å²) in [5.74, 6) is -0.573. The number of aryl methyl sites for hydroxylation is 1. The summed E-state index contributed by atoms with van der Waals surface area (Å²) in [7, 11) is 3.25. The lowest BCUT2D eigenvalue weighted by Crippen LogP contribution is -2.46. The third kappa shape index (κ3) is 6.59. The zero-order chi connectivity index (χ0) is 22.5. The Hall–Kier alpha value is -2.87. The van der Waals surface area contributed by atoms with Crippen molar-refractivity contribution in [1.82, 2.24) is 9.80 Å². The fraction of sp³-hybridized carbons (Fsp3) is 0.364. The van der Waals surface area contributed by atoms with Crippen molar-refractivity contribution in [2.24, 2.45) is 0 Å². The number of hydrogen-bond acceptors (Lipinski definition) is 3. The van der Waals surface area contributed by atoms with E-state index in [-0.39, 0.29) is 18.4 Å². The Morgan fingerprint density at radius 1 is 1.00 bits per heavy atom. The van der Waals surface area contributed by atoms with Gasteiger partial charge in [0.15, 0.2) is 0 Å². The van der Waals surface area contributed by atoms with E-state index in [1.165, 1.54) is 17.0 Å². The van der Waals surface area contributed by atoms with E-state index in [0.29, 0.717) is 17.8 Å². The smallest absolute Gasteiger partial charge is 0.335 e. The minimum atomic E-state index is -4.38. The van der Waals surface area contributed by atoms with E-state index in [4.69, 9.17) is 0 Å². The Kier molecular flexibility index (Phi) is 7.61. The Morgan fingerprint density at radius 3 is 2.10 bits per heavy atom. The first-order valence-corrected chi connectivity index (χ1v) is 9.45. The molecular weight excluding hydrogens is 395 g/mol. The molecule has 2 amide bonds. The van der Waals surface area contributed by atoms with Crippen LogP contribution in [0.4, 0.5) is 18.9 Å². The van der Waals surface area contributed by atoms with Crippen LogP contribution in [-0.2, 0) is 22.3 Å². The lowest BCUT2D eigenvalue weighted by molar-refractivity contribution is -0.137. The van der Waals surface area contributed by atoms with Crippen molar-refractivity contribution in [2.75, 3.05) is 26.0 Å². The van der Waals surface area contributed by atoms with E-state index in [1.807, 2.05) is 19.1 Å². The predicted octanol–water partition coefficient (Wildman–Crippen LogP) is 3.93. The minimum absolute atomic E-state index is 0.106. The summed E-state index contributed by atoms with van der Waals surface area (Å²) in [6, 6.07) is 11.6. The van der Waals surface area contributed by atoms with Gasteiger partial charge >= 0.3 is 6.18 Å². The van der Waals surface area contributed by atoms with Crippen molar-refractivity contribution in [3.8, 4) is 0 Å². The Morgan fingerprint density at radius 2 is 1.57 bits per heavy atom. The zero-order valence-corrected chi connectivity index (χ0v) is 17.5. The van der Waals surface area contributed by atoms with Crippen LogP contribution in [0.25, 0.3) is 0 Å². The third-order valence-corrected chi connectivity index (χ3v) is 4.82. The van der Waals surface area contributed by atoms with Gasteiger partial charge in [0.2, 0.25) is 11.8 Å². The number of nitrogens with one attached hydrogen (secondary N) is 1. The van der Waals surface area contributed by atoms with Crippen molar-refractivity contribution < 1.29 is 22.8 Å². The molecule has 0 saturated heterocycles. The summed E-state index contributed by atoms with van der Waals surface area (Å²) in [5, 5.41) is 2.74. The van der Waals surface area contributed by atoms with Gasteiger partial charge in [-0.3, -0.25) is 14.5 Å². The lowest BCUT2D eigenvalue weighted by Gasteiger charge is -2.28. The van der Waals surface area contributed by atoms with E-state index >= 15 is 0 Å². The predicted molar refractivity (Wildman–Crippen MR) is 110 cm³/mol. The van der Waals surface area contributed by atoms with Crippen LogP contribution in [0.3, 0.4) is 0 Å². The van der Waals surface area contributed by atoms with Gasteiger partial charge in [0.25, 0.3) is 0 Å². The van der Waals surface area contributed by atoms with Crippen molar-refractivity contribution >= 4 is 17.5 Å². The van der Waals surface area contributed by atoms with Crippen LogP contribution in [0.5, 0.6) is 0 Å². The maximum Gasteiger partial charge on any atom is 0.416 e. The molecule has 1 atom stereocenters. The van der Waals surface area contributed by atoms with Crippen LogP contribution in [0, 0.1) is 6.92 Å². The minimum Gasteiger partial charge on any atom is -0.335 e. The lowest BCUT2D eigenvalue weighted by atomic mass is 10.1. The molecular formula is C22H26F3N3O2. The molecule has 0 aromatic heterocycles. The highest BCUT2D eigenvalue weighted by Gasteiger charge is 2.30. The Labute approximate surface area is 174 Å². The number of hydrogen-bond donors (Lipinski definition) is 1. The number of nitrogens with zero attached hydrogens (tertiary/aromatic N) is 2. The van der Waals surface area contributed by atoms with Gasteiger partial charge in [-0.15, -0.1) is 0 Å². The second-order valence-electron chi connectivity index (χ2n) is 7.39. The van der Waals surface area contributed by atoms with E-state index in [1.54, 1.807) is 38.1 Å². The van der Waals surface area contributed by atoms with Gasteiger partial charge in [0.05, 0.1) is 18.2 Å². The molecule has 0 radical (unpaired) electrons. The van der Waals surface area contributed by atoms with E-state index < -0.39 is 17.8 Å². The van der Waals surface area contributed by atoms with Gasteiger partial charge in [-0.25, -0.2) is 0 Å². The number of carbonyl (C=O) groups is 2. The van der Waals surface area contributed by atoms with Crippen molar-refractivity contribution in [1.29, 1.82) is 0 Å². The molecule has 8 heteroatoms. The summed E-state index contributed by atoms with van der Waals surface area (Å²) in [6.45, 7) is 3.83. The van der Waals surface area contributed by atoms with E-state index in [0.717, 1.165) is 17.7 Å². The van der Waals surface area contributed by atoms with Crippen LogP contribution >= 0.6 is 0 Å². The maximum atomic E-state index is 12.7. The van der Waals surface area contributed by atoms with Crippen molar-refractivity contribution in [3.05, 3.63) is 65.2 Å². The molecule has 0 bridgehead atoms. The first-order chi connectivity index (χ1) is 14.0. The molecule has 0 aliphatic rings. The van der Waals surface area contributed by atoms with E-state index in [2.05, 4.69) is 5.32 Å². The Bertz CT molecular complexity index is 865. The average molecular weight is 421 g/mol. The second-order valence-corrected chi connectivity index (χ2v) is 7.39. The fourth-order valence-corrected chi connectivity index (χ4v) is 2.86. The number of amides is 2. The molecule has 30 heavy (non-hydrogen) atoms. The summed E-state index contributed by atoms with van der Waals surface area (Å²) in [6.07, 6.45) is -4.38. The van der Waals surface area contributed by atoms with Crippen LogP contribution in [-0.4, -0.2) is 48.3 Å². The molecule has 2 rings (SSSR count). The molecule has 0 heterocycles. The molecule has 0 aliphatic heterocycles. The van der Waals surface area contributed by atoms with Gasteiger partial charge in [0, 0.05) is 19.3 Å². The maximum absolute atomic E-state index is 12.7. The standard InChI is InChI=1S/C22H26F3N3O2/c1-15-5-11-19(12-6-15)26-20(29)14-28(4)21(30)16(2)27(3)13-17-7-9-18(10-8-17)22(23,24)25/h5-12,16H,13-14H2,1-4H3,(H,26,29). The monoisotopic (exact) mass is 421 g/mol. The summed E-state index contributed by atoms with van der Waals surface area (Å²) >= 11 is 0. The average Bonchev–Trinajstić information content (AvgIpc) is 2.68. The number of likely N-dealkylation sites (N-methyl/N-ethyl adjacent to an activating group) is 2. The number of carbonyl (C=O) groups excluding carboxylic acids is 2. The quantitative estimate of drug-likeness (QED) is 0.737. The number of rotatable bonds is 7. The van der Waals surface area contributed by atoms with Crippen LogP contribution < -0.4 is 5.32 Å². The second kappa shape index (κ2) is 9.75. The highest BCUT2D eigenvalue weighted by Crippen LogP contribution is 2.29. The molecule has 2 aromatic rings. The molecule has 1 N–H and O–H groups in total. The van der Waals surface area contributed by atoms with Gasteiger partial charge in [-0.1, -0.05) is 29.8 Å². The molecule has 0 spiro atoms. The molecule has 0 fully saturated rings. The molecule has 0 saturated carbocycles. The topological polar surface area (TPSA) is 52.7 Å². The zero-order valence-electron chi connectivity index (χ0n) is 17.5. The largest absolute Gasteiger partial charge is 0.416 e. The number of halogens is 3. The number of benzene rings is 2. The summed E-state index contributed by atoms with van der Waals surface area (Å²) in [5.41, 5.74) is 1.67. The van der Waals surface area contributed by atoms with Crippen LogP contribution in [0.1, 0.15) is 23.6 Å². The van der Waals surface area contributed by atoms with Crippen LogP contribution in [0.15, 0.2) is 48.5 Å². The van der Waals surface area contributed by atoms with Crippen molar-refractivity contribution in [2.45, 2.75) is 32.6 Å². The van der Waals surface area contributed by atoms with Crippen LogP contribution in [0.2, 0.25) is 0 Å². The van der Waals surface area contributed by atoms with Gasteiger partial charge in [0.1, 0.15) is 0 Å². The van der Waals surface area contributed by atoms with Gasteiger partial charge in [-0.05, 0) is 50.7 Å². The number of anilines is 1.